The second kappa shape index (κ2) is 10.1. The molecule has 1 aliphatic carbocycles. The number of benzene rings is 2. The molecule has 1 amide bonds. The third-order valence-electron chi connectivity index (χ3n) is 5.94. The Kier molecular flexibility index (Phi) is 6.96. The van der Waals surface area contributed by atoms with Crippen molar-refractivity contribution in [3.05, 3.63) is 82.0 Å². The Bertz CT molecular complexity index is 1170. The zero-order valence-corrected chi connectivity index (χ0v) is 18.7. The molecule has 0 saturated heterocycles. The van der Waals surface area contributed by atoms with E-state index in [9.17, 15) is 14.0 Å². The normalized spacial score (nSPS) is 14.2. The fraction of sp³-hybridized carbons (Fsp3) is 0.320. The highest BCUT2D eigenvalue weighted by molar-refractivity contribution is 5.93. The summed E-state index contributed by atoms with van der Waals surface area (Å²) in [6.45, 7) is 2.27. The van der Waals surface area contributed by atoms with E-state index in [-0.39, 0.29) is 30.2 Å². The van der Waals surface area contributed by atoms with E-state index < -0.39 is 11.6 Å². The minimum atomic E-state index is -0.483. The Balaban J connectivity index is 1.55. The minimum absolute atomic E-state index is 0.0544. The van der Waals surface area contributed by atoms with Gasteiger partial charge >= 0.3 is 0 Å². The number of amides is 1. The van der Waals surface area contributed by atoms with E-state index in [1.165, 1.54) is 34.0 Å². The quantitative estimate of drug-likeness (QED) is 0.551. The third kappa shape index (κ3) is 5.18. The Hall–Kier alpha value is -3.36. The highest BCUT2D eigenvalue weighted by Crippen LogP contribution is 2.24. The van der Waals surface area contributed by atoms with Crippen molar-refractivity contribution in [3.8, 4) is 11.3 Å². The summed E-state index contributed by atoms with van der Waals surface area (Å²) < 4.78 is 21.0. The predicted octanol–water partition coefficient (Wildman–Crippen LogP) is 2.78. The maximum absolute atomic E-state index is 13.4. The van der Waals surface area contributed by atoms with E-state index in [1.807, 2.05) is 12.1 Å². The van der Waals surface area contributed by atoms with E-state index in [2.05, 4.69) is 27.8 Å². The molecule has 4 rings (SSSR count). The van der Waals surface area contributed by atoms with Gasteiger partial charge in [-0.2, -0.15) is 0 Å². The number of fused-ring (bicyclic) bond motifs is 1. The summed E-state index contributed by atoms with van der Waals surface area (Å²) in [5.41, 5.74) is 3.32. The molecular formula is C25H27FN4O3. The average Bonchev–Trinajstić information content (AvgIpc) is 3.24. The molecule has 0 fully saturated rings. The highest BCUT2D eigenvalue weighted by atomic mass is 19.1. The first-order valence-corrected chi connectivity index (χ1v) is 11.0. The van der Waals surface area contributed by atoms with Crippen molar-refractivity contribution in [2.75, 3.05) is 19.0 Å². The first kappa shape index (κ1) is 22.8. The van der Waals surface area contributed by atoms with Gasteiger partial charge < -0.3 is 19.9 Å². The largest absolute Gasteiger partial charge is 0.376 e. The lowest BCUT2D eigenvalue weighted by Crippen LogP contribution is -2.38. The van der Waals surface area contributed by atoms with Gasteiger partial charge in [-0.1, -0.05) is 24.3 Å². The molecule has 0 spiro atoms. The summed E-state index contributed by atoms with van der Waals surface area (Å²) >= 11 is 0. The van der Waals surface area contributed by atoms with Crippen LogP contribution in [0.2, 0.25) is 0 Å². The molecule has 0 radical (unpaired) electrons. The number of nitrogens with one attached hydrogen (secondary N) is 2. The number of carbonyl (C=O) groups excluding carboxylic acids is 1. The van der Waals surface area contributed by atoms with E-state index >= 15 is 0 Å². The number of halogens is 1. The number of anilines is 1. The van der Waals surface area contributed by atoms with Crippen LogP contribution in [0.15, 0.2) is 59.5 Å². The lowest BCUT2D eigenvalue weighted by molar-refractivity contribution is -0.117. The van der Waals surface area contributed by atoms with Crippen LogP contribution in [0.3, 0.4) is 0 Å². The predicted molar refractivity (Wildman–Crippen MR) is 125 cm³/mol. The van der Waals surface area contributed by atoms with Crippen LogP contribution in [-0.4, -0.2) is 41.3 Å². The lowest BCUT2D eigenvalue weighted by Gasteiger charge is -2.17. The van der Waals surface area contributed by atoms with Crippen LogP contribution in [0.4, 0.5) is 10.2 Å². The van der Waals surface area contributed by atoms with Crippen LogP contribution >= 0.6 is 0 Å². The second-order valence-corrected chi connectivity index (χ2v) is 8.13. The van der Waals surface area contributed by atoms with Crippen molar-refractivity contribution in [1.82, 2.24) is 14.9 Å². The molecular weight excluding hydrogens is 423 g/mol. The van der Waals surface area contributed by atoms with Crippen LogP contribution in [0.25, 0.3) is 11.3 Å². The first-order chi connectivity index (χ1) is 16.0. The van der Waals surface area contributed by atoms with Crippen LogP contribution < -0.4 is 16.2 Å². The van der Waals surface area contributed by atoms with Crippen molar-refractivity contribution in [3.63, 3.8) is 0 Å². The van der Waals surface area contributed by atoms with E-state index in [4.69, 9.17) is 4.74 Å². The maximum atomic E-state index is 13.4. The summed E-state index contributed by atoms with van der Waals surface area (Å²) in [7, 11) is 1.66. The molecule has 1 unspecified atom stereocenters. The van der Waals surface area contributed by atoms with Gasteiger partial charge in [-0.25, -0.2) is 9.37 Å². The van der Waals surface area contributed by atoms with Gasteiger partial charge in [-0.3, -0.25) is 9.59 Å². The van der Waals surface area contributed by atoms with Crippen LogP contribution in [0.5, 0.6) is 0 Å². The fourth-order valence-corrected chi connectivity index (χ4v) is 3.95. The lowest BCUT2D eigenvalue weighted by atomic mass is 10.1. The maximum Gasteiger partial charge on any atom is 0.294 e. The molecule has 172 valence electrons. The molecule has 2 aromatic carbocycles. The van der Waals surface area contributed by atoms with Crippen molar-refractivity contribution < 1.29 is 13.9 Å². The van der Waals surface area contributed by atoms with Crippen LogP contribution in [0, 0.1) is 5.82 Å². The second-order valence-electron chi connectivity index (χ2n) is 8.13. The number of likely N-dealkylation sites (N-methyl/N-ethyl adjacent to an activating group) is 1. The molecule has 0 saturated carbocycles. The average molecular weight is 451 g/mol. The molecule has 3 aromatic rings. The Morgan fingerprint density at radius 3 is 2.48 bits per heavy atom. The summed E-state index contributed by atoms with van der Waals surface area (Å²) in [5.74, 6) is -0.779. The molecule has 1 aliphatic rings. The standard InChI is InChI=1S/C25H27FN4O3/c1-16(27-2)24(31)29-23-25(32)30(22(15-28-23)17-7-9-20(26)10-8-17)11-12-33-21-13-18-5-3-4-6-19(18)14-21/h3-10,15-16,21,27H,11-14H2,1-2H3,(H,28,29,31). The smallest absolute Gasteiger partial charge is 0.294 e. The Morgan fingerprint density at radius 1 is 1.18 bits per heavy atom. The Morgan fingerprint density at radius 2 is 1.85 bits per heavy atom. The van der Waals surface area contributed by atoms with Gasteiger partial charge in [0.25, 0.3) is 5.56 Å². The first-order valence-electron chi connectivity index (χ1n) is 11.0. The van der Waals surface area contributed by atoms with Gasteiger partial charge in [-0.05, 0) is 62.2 Å². The number of ether oxygens (including phenoxy) is 1. The van der Waals surface area contributed by atoms with Gasteiger partial charge in [0.05, 0.1) is 30.6 Å². The molecule has 0 bridgehead atoms. The highest BCUT2D eigenvalue weighted by Gasteiger charge is 2.22. The molecule has 7 nitrogen and oxygen atoms in total. The van der Waals surface area contributed by atoms with Crippen LogP contribution in [-0.2, 0) is 28.9 Å². The number of aromatic nitrogens is 2. The Labute approximate surface area is 191 Å². The summed E-state index contributed by atoms with van der Waals surface area (Å²) in [6.07, 6.45) is 3.26. The third-order valence-corrected chi connectivity index (χ3v) is 5.94. The summed E-state index contributed by atoms with van der Waals surface area (Å²) in [6, 6.07) is 13.6. The fourth-order valence-electron chi connectivity index (χ4n) is 3.95. The summed E-state index contributed by atoms with van der Waals surface area (Å²) in [5, 5.41) is 5.42. The number of nitrogens with zero attached hydrogens (tertiary/aromatic N) is 2. The van der Waals surface area contributed by atoms with Crippen molar-refractivity contribution in [2.24, 2.45) is 0 Å². The molecule has 1 heterocycles. The van der Waals surface area contributed by atoms with Crippen molar-refractivity contribution >= 4 is 11.7 Å². The van der Waals surface area contributed by atoms with Gasteiger partial charge in [0.1, 0.15) is 5.82 Å². The number of carbonyl (C=O) groups is 1. The van der Waals surface area contributed by atoms with Crippen molar-refractivity contribution in [1.29, 1.82) is 0 Å². The molecule has 8 heteroatoms. The van der Waals surface area contributed by atoms with Gasteiger partial charge in [0.2, 0.25) is 5.91 Å². The SMILES string of the molecule is CNC(C)C(=O)Nc1ncc(-c2ccc(F)cc2)n(CCOC2Cc3ccccc3C2)c1=O. The molecule has 33 heavy (non-hydrogen) atoms. The zero-order chi connectivity index (χ0) is 23.4. The van der Waals surface area contributed by atoms with Crippen LogP contribution in [0.1, 0.15) is 18.1 Å². The topological polar surface area (TPSA) is 85.2 Å². The molecule has 1 atom stereocenters. The molecule has 2 N–H and O–H groups in total. The minimum Gasteiger partial charge on any atom is -0.376 e. The van der Waals surface area contributed by atoms with Gasteiger partial charge in [-0.15, -0.1) is 0 Å². The number of hydrogen-bond donors (Lipinski definition) is 2. The number of rotatable bonds is 8. The number of hydrogen-bond acceptors (Lipinski definition) is 5. The van der Waals surface area contributed by atoms with E-state index in [0.29, 0.717) is 17.9 Å². The summed E-state index contributed by atoms with van der Waals surface area (Å²) in [4.78, 5) is 29.7. The van der Waals surface area contributed by atoms with Crippen molar-refractivity contribution in [2.45, 2.75) is 38.5 Å². The van der Waals surface area contributed by atoms with E-state index in [0.717, 1.165) is 12.8 Å². The van der Waals surface area contributed by atoms with Gasteiger partial charge in [0.15, 0.2) is 5.82 Å². The molecule has 1 aromatic heterocycles. The molecule has 0 aliphatic heterocycles. The monoisotopic (exact) mass is 450 g/mol. The zero-order valence-electron chi connectivity index (χ0n) is 18.7. The van der Waals surface area contributed by atoms with E-state index in [1.54, 1.807) is 26.1 Å². The van der Waals surface area contributed by atoms with Gasteiger partial charge in [0, 0.05) is 12.1 Å².